The lowest BCUT2D eigenvalue weighted by Gasteiger charge is -2.02. The van der Waals surface area contributed by atoms with Gasteiger partial charge in [-0.2, -0.15) is 0 Å². The number of thiocarbonyl (C=S) groups is 1. The van der Waals surface area contributed by atoms with E-state index in [-0.39, 0.29) is 5.24 Å². The van der Waals surface area contributed by atoms with Crippen molar-refractivity contribution in [3.8, 4) is 11.3 Å². The number of rotatable bonds is 2. The van der Waals surface area contributed by atoms with Gasteiger partial charge in [0.1, 0.15) is 16.5 Å². The van der Waals surface area contributed by atoms with Gasteiger partial charge in [0.25, 0.3) is 5.24 Å². The van der Waals surface area contributed by atoms with E-state index in [0.29, 0.717) is 37.0 Å². The Hall–Kier alpha value is -1.27. The zero-order valence-electron chi connectivity index (χ0n) is 10.4. The lowest BCUT2D eigenvalue weighted by Crippen LogP contribution is -2.15. The number of hydrogen-bond donors (Lipinski definition) is 1. The van der Waals surface area contributed by atoms with Crippen molar-refractivity contribution in [2.45, 2.75) is 0 Å². The monoisotopic (exact) mass is 355 g/mol. The van der Waals surface area contributed by atoms with E-state index in [1.807, 2.05) is 6.07 Å². The zero-order chi connectivity index (χ0) is 15.0. The first kappa shape index (κ1) is 14.7. The Labute approximate surface area is 140 Å². The van der Waals surface area contributed by atoms with Crippen LogP contribution in [0.25, 0.3) is 17.4 Å². The van der Waals surface area contributed by atoms with Gasteiger partial charge >= 0.3 is 0 Å². The summed E-state index contributed by atoms with van der Waals surface area (Å²) in [6.07, 6.45) is 1.72. The van der Waals surface area contributed by atoms with Crippen LogP contribution in [0.15, 0.2) is 39.7 Å². The first-order valence-corrected chi connectivity index (χ1v) is 7.82. The van der Waals surface area contributed by atoms with Gasteiger partial charge in [0.05, 0.1) is 15.0 Å². The average Bonchev–Trinajstić information content (AvgIpc) is 3.01. The number of halogens is 2. The van der Waals surface area contributed by atoms with Crippen molar-refractivity contribution in [3.63, 3.8) is 0 Å². The fourth-order valence-corrected chi connectivity index (χ4v) is 3.23. The summed E-state index contributed by atoms with van der Waals surface area (Å²) in [6.45, 7) is 0. The van der Waals surface area contributed by atoms with E-state index in [1.165, 1.54) is 0 Å². The molecule has 1 aromatic carbocycles. The largest absolute Gasteiger partial charge is 0.457 e. The van der Waals surface area contributed by atoms with Gasteiger partial charge in [0.15, 0.2) is 0 Å². The molecule has 1 aliphatic heterocycles. The van der Waals surface area contributed by atoms with E-state index in [2.05, 4.69) is 5.32 Å². The van der Waals surface area contributed by atoms with E-state index < -0.39 is 0 Å². The molecule has 1 aliphatic rings. The second kappa shape index (κ2) is 5.85. The molecule has 1 N–H and O–H groups in total. The number of benzene rings is 1. The standard InChI is InChI=1S/C14H7Cl2NO2S2/c15-9-3-1-2-8(12(9)16)10-5-4-7(19-10)6-11-13(20)17-14(18)21-11/h1-6H,(H,17,18,20). The summed E-state index contributed by atoms with van der Waals surface area (Å²) in [5, 5.41) is 3.27. The van der Waals surface area contributed by atoms with Crippen LogP contribution in [0.5, 0.6) is 0 Å². The maximum absolute atomic E-state index is 11.2. The second-order valence-corrected chi connectivity index (χ2v) is 6.36. The van der Waals surface area contributed by atoms with Gasteiger partial charge < -0.3 is 9.73 Å². The normalized spacial score (nSPS) is 16.6. The van der Waals surface area contributed by atoms with Crippen molar-refractivity contribution in [1.29, 1.82) is 0 Å². The highest BCUT2D eigenvalue weighted by Gasteiger charge is 2.22. The Morgan fingerprint density at radius 1 is 1.24 bits per heavy atom. The van der Waals surface area contributed by atoms with Crippen LogP contribution < -0.4 is 5.32 Å². The lowest BCUT2D eigenvalue weighted by molar-refractivity contribution is 0.265. The quantitative estimate of drug-likeness (QED) is 0.580. The van der Waals surface area contributed by atoms with Crippen molar-refractivity contribution >= 4 is 63.5 Å². The van der Waals surface area contributed by atoms with Crippen LogP contribution in [0.4, 0.5) is 4.79 Å². The fraction of sp³-hybridized carbons (Fsp3) is 0. The summed E-state index contributed by atoms with van der Waals surface area (Å²) in [5.41, 5.74) is 0.713. The molecular formula is C14H7Cl2NO2S2. The van der Waals surface area contributed by atoms with Crippen LogP contribution in [0.3, 0.4) is 0 Å². The van der Waals surface area contributed by atoms with Crippen molar-refractivity contribution in [3.05, 3.63) is 51.0 Å². The van der Waals surface area contributed by atoms with Gasteiger partial charge in [-0.25, -0.2) is 0 Å². The molecule has 0 unspecified atom stereocenters. The van der Waals surface area contributed by atoms with Gasteiger partial charge in [-0.15, -0.1) is 0 Å². The molecule has 0 bridgehead atoms. The molecule has 3 nitrogen and oxygen atoms in total. The molecule has 3 rings (SSSR count). The van der Waals surface area contributed by atoms with Crippen molar-refractivity contribution < 1.29 is 9.21 Å². The van der Waals surface area contributed by atoms with Crippen molar-refractivity contribution in [1.82, 2.24) is 5.32 Å². The zero-order valence-corrected chi connectivity index (χ0v) is 13.5. The molecule has 0 saturated carbocycles. The van der Waals surface area contributed by atoms with E-state index in [1.54, 1.807) is 30.3 Å². The van der Waals surface area contributed by atoms with E-state index in [4.69, 9.17) is 39.8 Å². The number of hydrogen-bond acceptors (Lipinski definition) is 4. The Kier molecular flexibility index (Phi) is 4.08. The van der Waals surface area contributed by atoms with Gasteiger partial charge in [-0.3, -0.25) is 4.79 Å². The molecule has 1 saturated heterocycles. The summed E-state index contributed by atoms with van der Waals surface area (Å²) in [7, 11) is 0. The van der Waals surface area contributed by atoms with Gasteiger partial charge in [-0.1, -0.05) is 41.5 Å². The highest BCUT2D eigenvalue weighted by Crippen LogP contribution is 2.35. The van der Waals surface area contributed by atoms with E-state index in [9.17, 15) is 4.79 Å². The fourth-order valence-electron chi connectivity index (χ4n) is 1.82. The molecular weight excluding hydrogens is 349 g/mol. The summed E-state index contributed by atoms with van der Waals surface area (Å²) in [5.74, 6) is 1.19. The molecule has 0 radical (unpaired) electrons. The van der Waals surface area contributed by atoms with Crippen LogP contribution in [-0.2, 0) is 0 Å². The minimum Gasteiger partial charge on any atom is -0.457 e. The lowest BCUT2D eigenvalue weighted by atomic mass is 10.2. The van der Waals surface area contributed by atoms with E-state index >= 15 is 0 Å². The molecule has 106 valence electrons. The summed E-state index contributed by atoms with van der Waals surface area (Å²) in [6, 6.07) is 8.91. The first-order valence-electron chi connectivity index (χ1n) is 5.83. The first-order chi connectivity index (χ1) is 10.0. The number of nitrogens with one attached hydrogen (secondary N) is 1. The molecule has 1 amide bonds. The Morgan fingerprint density at radius 2 is 2.05 bits per heavy atom. The smallest absolute Gasteiger partial charge is 0.289 e. The second-order valence-electron chi connectivity index (χ2n) is 4.16. The average molecular weight is 356 g/mol. The summed E-state index contributed by atoms with van der Waals surface area (Å²) in [4.78, 5) is 12.3. The minimum absolute atomic E-state index is 0.184. The highest BCUT2D eigenvalue weighted by atomic mass is 35.5. The van der Waals surface area contributed by atoms with Crippen LogP contribution in [0, 0.1) is 0 Å². The molecule has 0 spiro atoms. The van der Waals surface area contributed by atoms with Crippen LogP contribution >= 0.6 is 47.2 Å². The third-order valence-electron chi connectivity index (χ3n) is 2.76. The maximum atomic E-state index is 11.2. The molecule has 21 heavy (non-hydrogen) atoms. The SMILES string of the molecule is O=C1NC(=S)C(=Cc2ccc(-c3cccc(Cl)c3Cl)o2)S1. The van der Waals surface area contributed by atoms with Gasteiger partial charge in [0.2, 0.25) is 0 Å². The molecule has 2 heterocycles. The van der Waals surface area contributed by atoms with Crippen LogP contribution in [0.2, 0.25) is 10.0 Å². The minimum atomic E-state index is -0.184. The number of carbonyl (C=O) groups is 1. The third-order valence-corrected chi connectivity index (χ3v) is 4.86. The molecule has 7 heteroatoms. The van der Waals surface area contributed by atoms with Gasteiger partial charge in [0, 0.05) is 5.56 Å². The van der Waals surface area contributed by atoms with Crippen LogP contribution in [0.1, 0.15) is 5.76 Å². The van der Waals surface area contributed by atoms with Crippen molar-refractivity contribution in [2.24, 2.45) is 0 Å². The summed E-state index contributed by atoms with van der Waals surface area (Å²) >= 11 is 18.2. The molecule has 1 aromatic heterocycles. The molecule has 0 atom stereocenters. The number of thioether (sulfide) groups is 1. The highest BCUT2D eigenvalue weighted by molar-refractivity contribution is 8.19. The number of carbonyl (C=O) groups excluding carboxylic acids is 1. The third kappa shape index (κ3) is 3.01. The topological polar surface area (TPSA) is 42.2 Å². The molecule has 1 fully saturated rings. The Morgan fingerprint density at radius 3 is 2.76 bits per heavy atom. The number of amides is 1. The predicted octanol–water partition coefficient (Wildman–Crippen LogP) is 5.38. The van der Waals surface area contributed by atoms with Crippen molar-refractivity contribution in [2.75, 3.05) is 0 Å². The van der Waals surface area contributed by atoms with E-state index in [0.717, 1.165) is 11.8 Å². The number of furan rings is 1. The Bertz CT molecular complexity index is 783. The molecule has 0 aliphatic carbocycles. The Balaban J connectivity index is 1.94. The molecule has 2 aromatic rings. The maximum Gasteiger partial charge on any atom is 0.289 e. The summed E-state index contributed by atoms with van der Waals surface area (Å²) < 4.78 is 5.72. The van der Waals surface area contributed by atoms with Crippen LogP contribution in [-0.4, -0.2) is 10.2 Å². The predicted molar refractivity (Wildman–Crippen MR) is 90.9 cm³/mol. The van der Waals surface area contributed by atoms with Gasteiger partial charge in [-0.05, 0) is 42.1 Å².